The molecule has 0 spiro atoms. The molecule has 2 nitrogen and oxygen atoms in total. The van der Waals surface area contributed by atoms with E-state index in [0.29, 0.717) is 11.5 Å². The Morgan fingerprint density at radius 1 is 1.24 bits per heavy atom. The minimum Gasteiger partial charge on any atom is -0.378 e. The van der Waals surface area contributed by atoms with Crippen LogP contribution in [0.4, 0.5) is 0 Å². The van der Waals surface area contributed by atoms with Crippen molar-refractivity contribution in [2.24, 2.45) is 11.3 Å². The molecule has 1 heterocycles. The third-order valence-corrected chi connectivity index (χ3v) is 5.04. The van der Waals surface area contributed by atoms with Crippen LogP contribution in [0, 0.1) is 11.3 Å². The van der Waals surface area contributed by atoms with E-state index in [4.69, 9.17) is 4.74 Å². The zero-order valence-electron chi connectivity index (χ0n) is 11.6. The van der Waals surface area contributed by atoms with Crippen LogP contribution < -0.4 is 5.32 Å². The topological polar surface area (TPSA) is 21.3 Å². The summed E-state index contributed by atoms with van der Waals surface area (Å²) < 4.78 is 5.91. The lowest BCUT2D eigenvalue weighted by atomic mass is 9.65. The summed E-state index contributed by atoms with van der Waals surface area (Å²) in [5, 5.41) is 3.67. The van der Waals surface area contributed by atoms with E-state index < -0.39 is 0 Å². The van der Waals surface area contributed by atoms with Crippen LogP contribution in [0.2, 0.25) is 0 Å². The zero-order valence-corrected chi connectivity index (χ0v) is 11.6. The fraction of sp³-hybridized carbons (Fsp3) is 1.00. The van der Waals surface area contributed by atoms with E-state index in [1.54, 1.807) is 0 Å². The van der Waals surface area contributed by atoms with Crippen molar-refractivity contribution in [3.63, 3.8) is 0 Å². The molecule has 0 radical (unpaired) electrons. The molecule has 1 aliphatic heterocycles. The van der Waals surface area contributed by atoms with E-state index in [2.05, 4.69) is 19.2 Å². The highest BCUT2D eigenvalue weighted by molar-refractivity contribution is 4.97. The predicted octanol–water partition coefficient (Wildman–Crippen LogP) is 3.36. The average molecular weight is 239 g/mol. The maximum Gasteiger partial charge on any atom is 0.0618 e. The first-order valence-electron chi connectivity index (χ1n) is 7.62. The number of hydrogen-bond acceptors (Lipinski definition) is 2. The molecule has 2 aliphatic rings. The lowest BCUT2D eigenvalue weighted by molar-refractivity contribution is 0.0150. The second kappa shape index (κ2) is 6.19. The van der Waals surface area contributed by atoms with Crippen LogP contribution in [0.25, 0.3) is 0 Å². The summed E-state index contributed by atoms with van der Waals surface area (Å²) >= 11 is 0. The first-order chi connectivity index (χ1) is 8.29. The molecule has 0 aromatic carbocycles. The van der Waals surface area contributed by atoms with Gasteiger partial charge in [-0.05, 0) is 45.1 Å². The van der Waals surface area contributed by atoms with Crippen LogP contribution in [0.1, 0.15) is 58.8 Å². The van der Waals surface area contributed by atoms with E-state index in [1.165, 1.54) is 51.5 Å². The van der Waals surface area contributed by atoms with Crippen LogP contribution >= 0.6 is 0 Å². The van der Waals surface area contributed by atoms with E-state index >= 15 is 0 Å². The van der Waals surface area contributed by atoms with Gasteiger partial charge in [0.15, 0.2) is 0 Å². The fourth-order valence-corrected chi connectivity index (χ4v) is 3.88. The molecule has 0 amide bonds. The van der Waals surface area contributed by atoms with Gasteiger partial charge >= 0.3 is 0 Å². The molecule has 1 saturated heterocycles. The highest BCUT2D eigenvalue weighted by Gasteiger charge is 2.46. The lowest BCUT2D eigenvalue weighted by Gasteiger charge is -2.42. The largest absolute Gasteiger partial charge is 0.378 e. The van der Waals surface area contributed by atoms with Gasteiger partial charge in [0.25, 0.3) is 0 Å². The second-order valence-electron chi connectivity index (χ2n) is 6.01. The van der Waals surface area contributed by atoms with Crippen molar-refractivity contribution >= 4 is 0 Å². The Morgan fingerprint density at radius 2 is 2.00 bits per heavy atom. The van der Waals surface area contributed by atoms with E-state index in [-0.39, 0.29) is 0 Å². The monoisotopic (exact) mass is 239 g/mol. The van der Waals surface area contributed by atoms with Gasteiger partial charge in [0.2, 0.25) is 0 Å². The Bertz CT molecular complexity index is 225. The Balaban J connectivity index is 2.00. The van der Waals surface area contributed by atoms with Crippen LogP contribution in [0.5, 0.6) is 0 Å². The third-order valence-electron chi connectivity index (χ3n) is 5.04. The third kappa shape index (κ3) is 2.85. The fourth-order valence-electron chi connectivity index (χ4n) is 3.88. The van der Waals surface area contributed by atoms with Gasteiger partial charge in [-0.3, -0.25) is 0 Å². The Labute approximate surface area is 107 Å². The van der Waals surface area contributed by atoms with Gasteiger partial charge in [0, 0.05) is 18.6 Å². The quantitative estimate of drug-likeness (QED) is 0.743. The summed E-state index contributed by atoms with van der Waals surface area (Å²) in [5.74, 6) is 0.901. The molecule has 2 atom stereocenters. The number of nitrogens with one attached hydrogen (secondary N) is 1. The Kier molecular flexibility index (Phi) is 4.87. The highest BCUT2D eigenvalue weighted by Crippen LogP contribution is 2.47. The maximum atomic E-state index is 5.91. The Hall–Kier alpha value is -0.0800. The average Bonchev–Trinajstić information content (AvgIpc) is 2.74. The zero-order chi connectivity index (χ0) is 12.1. The van der Waals surface area contributed by atoms with Crippen molar-refractivity contribution in [3.8, 4) is 0 Å². The van der Waals surface area contributed by atoms with Gasteiger partial charge in [0.1, 0.15) is 0 Å². The highest BCUT2D eigenvalue weighted by atomic mass is 16.5. The van der Waals surface area contributed by atoms with Gasteiger partial charge in [-0.2, -0.15) is 0 Å². The number of rotatable bonds is 5. The molecule has 2 heteroatoms. The van der Waals surface area contributed by atoms with Crippen LogP contribution in [-0.2, 0) is 4.74 Å². The maximum absolute atomic E-state index is 5.91. The molecule has 1 N–H and O–H groups in total. The van der Waals surface area contributed by atoms with Gasteiger partial charge in [0.05, 0.1) is 6.10 Å². The van der Waals surface area contributed by atoms with Gasteiger partial charge < -0.3 is 10.1 Å². The minimum absolute atomic E-state index is 0.440. The summed E-state index contributed by atoms with van der Waals surface area (Å²) in [6.07, 6.45) is 10.1. The normalized spacial score (nSPS) is 35.3. The van der Waals surface area contributed by atoms with Crippen molar-refractivity contribution < 1.29 is 4.74 Å². The number of ether oxygens (including phenoxy) is 1. The molecule has 1 saturated carbocycles. The molecule has 0 aromatic rings. The summed E-state index contributed by atoms with van der Waals surface area (Å²) in [4.78, 5) is 0. The molecule has 2 rings (SSSR count). The molecular formula is C15H29NO. The molecule has 2 fully saturated rings. The van der Waals surface area contributed by atoms with Crippen molar-refractivity contribution in [1.82, 2.24) is 5.32 Å². The molecule has 100 valence electrons. The van der Waals surface area contributed by atoms with E-state index in [9.17, 15) is 0 Å². The summed E-state index contributed by atoms with van der Waals surface area (Å²) in [7, 11) is 0. The SMILES string of the molecule is CCCNCC1(C2CCCCC2)CCOC1C. The molecule has 1 aliphatic carbocycles. The van der Waals surface area contributed by atoms with E-state index in [0.717, 1.165) is 19.1 Å². The molecular weight excluding hydrogens is 210 g/mol. The summed E-state index contributed by atoms with van der Waals surface area (Å²) in [6, 6.07) is 0. The standard InChI is InChI=1S/C15H29NO/c1-3-10-16-12-15(9-11-17-13(15)2)14-7-5-4-6-8-14/h13-14,16H,3-12H2,1-2H3. The van der Waals surface area contributed by atoms with Crippen molar-refractivity contribution in [2.45, 2.75) is 64.9 Å². The summed E-state index contributed by atoms with van der Waals surface area (Å²) in [5.41, 5.74) is 0.440. The second-order valence-corrected chi connectivity index (χ2v) is 6.01. The summed E-state index contributed by atoms with van der Waals surface area (Å²) in [6.45, 7) is 7.85. The number of hydrogen-bond donors (Lipinski definition) is 1. The molecule has 2 unspecified atom stereocenters. The first-order valence-corrected chi connectivity index (χ1v) is 7.62. The van der Waals surface area contributed by atoms with Gasteiger partial charge in [-0.25, -0.2) is 0 Å². The van der Waals surface area contributed by atoms with Crippen LogP contribution in [0.15, 0.2) is 0 Å². The minimum atomic E-state index is 0.440. The van der Waals surface area contributed by atoms with Crippen molar-refractivity contribution in [2.75, 3.05) is 19.7 Å². The molecule has 0 aromatic heterocycles. The van der Waals surface area contributed by atoms with Gasteiger partial charge in [-0.15, -0.1) is 0 Å². The predicted molar refractivity (Wildman–Crippen MR) is 72.2 cm³/mol. The van der Waals surface area contributed by atoms with Gasteiger partial charge in [-0.1, -0.05) is 26.2 Å². The first kappa shape index (κ1) is 13.4. The van der Waals surface area contributed by atoms with E-state index in [1.807, 2.05) is 0 Å². The van der Waals surface area contributed by atoms with Crippen LogP contribution in [0.3, 0.4) is 0 Å². The molecule has 17 heavy (non-hydrogen) atoms. The molecule has 0 bridgehead atoms. The van der Waals surface area contributed by atoms with Crippen molar-refractivity contribution in [1.29, 1.82) is 0 Å². The Morgan fingerprint density at radius 3 is 2.59 bits per heavy atom. The van der Waals surface area contributed by atoms with Crippen molar-refractivity contribution in [3.05, 3.63) is 0 Å². The smallest absolute Gasteiger partial charge is 0.0618 e. The van der Waals surface area contributed by atoms with Crippen LogP contribution in [-0.4, -0.2) is 25.8 Å². The lowest BCUT2D eigenvalue weighted by Crippen LogP contribution is -2.46.